The monoisotopic (exact) mass is 404 g/mol. The van der Waals surface area contributed by atoms with Crippen LogP contribution in [-0.4, -0.2) is 64.8 Å². The van der Waals surface area contributed by atoms with Gasteiger partial charge >= 0.3 is 0 Å². The molecule has 6 heteroatoms. The van der Waals surface area contributed by atoms with Crippen molar-refractivity contribution in [1.82, 2.24) is 9.80 Å². The molecule has 140 valence electrons. The molecule has 5 nitrogen and oxygen atoms in total. The van der Waals surface area contributed by atoms with Crippen LogP contribution in [0.1, 0.15) is 52.4 Å². The summed E-state index contributed by atoms with van der Waals surface area (Å²) in [7, 11) is 0. The molecule has 1 N–H and O–H groups in total. The van der Waals surface area contributed by atoms with E-state index in [9.17, 15) is 9.59 Å². The van der Waals surface area contributed by atoms with Gasteiger partial charge in [0.05, 0.1) is 0 Å². The van der Waals surface area contributed by atoms with Crippen LogP contribution in [0.25, 0.3) is 0 Å². The lowest BCUT2D eigenvalue weighted by atomic mass is 9.94. The smallest absolute Gasteiger partial charge is 0.219 e. The number of hydrogen-bond acceptors (Lipinski definition) is 3. The van der Waals surface area contributed by atoms with Crippen LogP contribution in [0.3, 0.4) is 0 Å². The van der Waals surface area contributed by atoms with Crippen molar-refractivity contribution in [2.45, 2.75) is 52.4 Å². The average Bonchev–Trinajstić information content (AvgIpc) is 2.57. The zero-order valence-corrected chi connectivity index (χ0v) is 16.8. The first kappa shape index (κ1) is 21.4. The van der Waals surface area contributed by atoms with Crippen LogP contribution in [0, 0.1) is 11.8 Å². The summed E-state index contributed by atoms with van der Waals surface area (Å²) in [4.78, 5) is 25.8. The lowest BCUT2D eigenvalue weighted by molar-refractivity contribution is -0.131. The minimum absolute atomic E-state index is 0.178. The molecule has 2 aliphatic heterocycles. The number of aliphatic hydroxyl groups is 1. The van der Waals surface area contributed by atoms with E-state index in [1.54, 1.807) is 13.8 Å². The highest BCUT2D eigenvalue weighted by atomic mass is 79.9. The normalized spacial score (nSPS) is 19.7. The number of alkyl halides is 1. The fraction of sp³-hybridized carbons (Fsp3) is 0.889. The summed E-state index contributed by atoms with van der Waals surface area (Å²) in [6, 6.07) is 0. The number of rotatable bonds is 4. The Morgan fingerprint density at radius 3 is 1.54 bits per heavy atom. The first-order valence-corrected chi connectivity index (χ1v) is 10.3. The van der Waals surface area contributed by atoms with Gasteiger partial charge in [0.2, 0.25) is 11.8 Å². The van der Waals surface area contributed by atoms with Gasteiger partial charge in [-0.2, -0.15) is 0 Å². The van der Waals surface area contributed by atoms with Crippen LogP contribution < -0.4 is 0 Å². The van der Waals surface area contributed by atoms with Crippen LogP contribution in [0.4, 0.5) is 0 Å². The number of likely N-dealkylation sites (tertiary alicyclic amines) is 2. The van der Waals surface area contributed by atoms with Crippen molar-refractivity contribution in [2.24, 2.45) is 11.8 Å². The molecule has 0 aliphatic carbocycles. The molecule has 0 aromatic heterocycles. The van der Waals surface area contributed by atoms with E-state index in [1.165, 1.54) is 19.3 Å². The fourth-order valence-electron chi connectivity index (χ4n) is 3.41. The summed E-state index contributed by atoms with van der Waals surface area (Å²) < 4.78 is 0. The Morgan fingerprint density at radius 1 is 0.875 bits per heavy atom. The molecule has 0 radical (unpaired) electrons. The SMILES string of the molecule is CC(=O)N1CCC(CCBr)CC1.CC(=O)N1CCC(CCO)CC1. The Morgan fingerprint density at radius 2 is 1.25 bits per heavy atom. The average molecular weight is 405 g/mol. The number of hydrogen-bond donors (Lipinski definition) is 1. The van der Waals surface area contributed by atoms with E-state index in [4.69, 9.17) is 5.11 Å². The summed E-state index contributed by atoms with van der Waals surface area (Å²) >= 11 is 3.45. The second-order valence-corrected chi connectivity index (χ2v) is 7.68. The minimum atomic E-state index is 0.178. The maximum Gasteiger partial charge on any atom is 0.219 e. The summed E-state index contributed by atoms with van der Waals surface area (Å²) in [5, 5.41) is 9.81. The second kappa shape index (κ2) is 11.9. The number of aliphatic hydroxyl groups excluding tert-OH is 1. The molecule has 0 spiro atoms. The summed E-state index contributed by atoms with van der Waals surface area (Å²) in [5.74, 6) is 1.87. The molecule has 2 aliphatic rings. The molecule has 2 rings (SSSR count). The molecule has 24 heavy (non-hydrogen) atoms. The Labute approximate surface area is 154 Å². The van der Waals surface area contributed by atoms with Gasteiger partial charge in [-0.05, 0) is 50.4 Å². The summed E-state index contributed by atoms with van der Waals surface area (Å²) in [6.07, 6.45) is 6.63. The fourth-order valence-corrected chi connectivity index (χ4v) is 4.06. The summed E-state index contributed by atoms with van der Waals surface area (Å²) in [6.45, 7) is 7.24. The van der Waals surface area contributed by atoms with Crippen molar-refractivity contribution < 1.29 is 14.7 Å². The number of piperidine rings is 2. The van der Waals surface area contributed by atoms with Crippen molar-refractivity contribution >= 4 is 27.7 Å². The largest absolute Gasteiger partial charge is 0.396 e. The molecule has 0 aromatic carbocycles. The molecule has 2 amide bonds. The molecule has 2 heterocycles. The summed E-state index contributed by atoms with van der Waals surface area (Å²) in [5.41, 5.74) is 0. The van der Waals surface area contributed by atoms with Gasteiger partial charge in [-0.25, -0.2) is 0 Å². The van der Waals surface area contributed by atoms with Crippen LogP contribution in [0.15, 0.2) is 0 Å². The van der Waals surface area contributed by atoms with Gasteiger partial charge in [-0.15, -0.1) is 0 Å². The quantitative estimate of drug-likeness (QED) is 0.732. The van der Waals surface area contributed by atoms with Crippen molar-refractivity contribution in [3.8, 4) is 0 Å². The van der Waals surface area contributed by atoms with E-state index >= 15 is 0 Å². The second-order valence-electron chi connectivity index (χ2n) is 6.89. The van der Waals surface area contributed by atoms with Gasteiger partial charge in [0.25, 0.3) is 0 Å². The highest BCUT2D eigenvalue weighted by Gasteiger charge is 2.20. The maximum absolute atomic E-state index is 11.0. The Hall–Kier alpha value is -0.620. The standard InChI is InChI=1S/C9H16BrNO.C9H17NO2/c1-8(12)11-6-3-9(2-5-10)4-7-11;1-8(12)10-5-2-9(3-6-10)4-7-11/h9H,2-7H2,1H3;9,11H,2-7H2,1H3. The number of carbonyl (C=O) groups excluding carboxylic acids is 2. The lowest BCUT2D eigenvalue weighted by Crippen LogP contribution is -2.37. The van der Waals surface area contributed by atoms with Crippen LogP contribution in [0.2, 0.25) is 0 Å². The zero-order valence-electron chi connectivity index (χ0n) is 15.2. The number of amides is 2. The molecular formula is C18H33BrN2O3. The topological polar surface area (TPSA) is 60.9 Å². The predicted molar refractivity (Wildman–Crippen MR) is 100 cm³/mol. The highest BCUT2D eigenvalue weighted by molar-refractivity contribution is 9.09. The number of carbonyl (C=O) groups is 2. The molecule has 0 aromatic rings. The van der Waals surface area contributed by atoms with Gasteiger partial charge in [0, 0.05) is 52.0 Å². The van der Waals surface area contributed by atoms with E-state index in [0.717, 1.165) is 56.7 Å². The molecule has 0 unspecified atom stereocenters. The van der Waals surface area contributed by atoms with Crippen LogP contribution in [0.5, 0.6) is 0 Å². The van der Waals surface area contributed by atoms with Gasteiger partial charge in [-0.1, -0.05) is 15.9 Å². The van der Waals surface area contributed by atoms with Crippen molar-refractivity contribution in [2.75, 3.05) is 38.1 Å². The van der Waals surface area contributed by atoms with E-state index in [1.807, 2.05) is 9.80 Å². The third-order valence-electron chi connectivity index (χ3n) is 5.17. The predicted octanol–water partition coefficient (Wildman–Crippen LogP) is 2.66. The number of halogens is 1. The van der Waals surface area contributed by atoms with E-state index in [-0.39, 0.29) is 18.4 Å². The van der Waals surface area contributed by atoms with Gasteiger partial charge in [0.15, 0.2) is 0 Å². The molecule has 2 fully saturated rings. The molecule has 0 atom stereocenters. The van der Waals surface area contributed by atoms with Gasteiger partial charge < -0.3 is 14.9 Å². The van der Waals surface area contributed by atoms with Crippen molar-refractivity contribution in [3.63, 3.8) is 0 Å². The van der Waals surface area contributed by atoms with Crippen molar-refractivity contribution in [3.05, 3.63) is 0 Å². The van der Waals surface area contributed by atoms with Crippen LogP contribution in [-0.2, 0) is 9.59 Å². The molecule has 0 bridgehead atoms. The van der Waals surface area contributed by atoms with E-state index in [0.29, 0.717) is 5.92 Å². The molecular weight excluding hydrogens is 372 g/mol. The van der Waals surface area contributed by atoms with Gasteiger partial charge in [-0.3, -0.25) is 9.59 Å². The molecule has 0 saturated carbocycles. The van der Waals surface area contributed by atoms with Crippen molar-refractivity contribution in [1.29, 1.82) is 0 Å². The van der Waals surface area contributed by atoms with E-state index < -0.39 is 0 Å². The zero-order chi connectivity index (χ0) is 17.9. The first-order valence-electron chi connectivity index (χ1n) is 9.15. The first-order chi connectivity index (χ1) is 11.5. The Kier molecular flexibility index (Phi) is 10.6. The third kappa shape index (κ3) is 7.97. The maximum atomic E-state index is 11.0. The molecule has 2 saturated heterocycles. The van der Waals surface area contributed by atoms with E-state index in [2.05, 4.69) is 15.9 Å². The minimum Gasteiger partial charge on any atom is -0.396 e. The Balaban J connectivity index is 0.000000240. The third-order valence-corrected chi connectivity index (χ3v) is 5.63. The highest BCUT2D eigenvalue weighted by Crippen LogP contribution is 2.21. The van der Waals surface area contributed by atoms with Gasteiger partial charge in [0.1, 0.15) is 0 Å². The number of nitrogens with zero attached hydrogens (tertiary/aromatic N) is 2. The lowest BCUT2D eigenvalue weighted by Gasteiger charge is -2.30. The van der Waals surface area contributed by atoms with Crippen LogP contribution >= 0.6 is 15.9 Å². The Bertz CT molecular complexity index is 340.